The number of rotatable bonds is 5. The van der Waals surface area contributed by atoms with Crippen LogP contribution in [-0.4, -0.2) is 27.7 Å². The Morgan fingerprint density at radius 1 is 1.23 bits per heavy atom. The minimum absolute atomic E-state index is 0.110. The van der Waals surface area contributed by atoms with E-state index in [0.717, 1.165) is 5.56 Å². The van der Waals surface area contributed by atoms with E-state index in [9.17, 15) is 9.90 Å². The molecule has 1 aromatic heterocycles. The molecule has 0 radical (unpaired) electrons. The van der Waals surface area contributed by atoms with Crippen LogP contribution in [0, 0.1) is 6.92 Å². The number of carboxylic acid groups (broad SMARTS) is 1. The molecule has 0 bridgehead atoms. The summed E-state index contributed by atoms with van der Waals surface area (Å²) in [5.41, 5.74) is 1.99. The summed E-state index contributed by atoms with van der Waals surface area (Å²) < 4.78 is 6.89. The number of carbonyl (C=O) groups is 1. The van der Waals surface area contributed by atoms with Gasteiger partial charge in [0.15, 0.2) is 5.69 Å². The van der Waals surface area contributed by atoms with Crippen LogP contribution in [0.5, 0.6) is 5.75 Å². The number of aromatic carboxylic acids is 1. The molecule has 0 aliphatic carbocycles. The molecular formula is C19H16Cl2N2O3. The maximum atomic E-state index is 11.8. The summed E-state index contributed by atoms with van der Waals surface area (Å²) in [6, 6.07) is 12.4. The van der Waals surface area contributed by atoms with Gasteiger partial charge in [0.2, 0.25) is 0 Å². The van der Waals surface area contributed by atoms with Crippen molar-refractivity contribution in [2.45, 2.75) is 13.5 Å². The lowest BCUT2D eigenvalue weighted by atomic mass is 10.1. The van der Waals surface area contributed by atoms with Gasteiger partial charge in [0, 0.05) is 15.6 Å². The first-order valence-corrected chi connectivity index (χ1v) is 8.55. The maximum Gasteiger partial charge on any atom is 0.354 e. The van der Waals surface area contributed by atoms with Crippen LogP contribution in [0.1, 0.15) is 21.7 Å². The van der Waals surface area contributed by atoms with E-state index in [1.54, 1.807) is 36.8 Å². The van der Waals surface area contributed by atoms with Crippen LogP contribution < -0.4 is 4.74 Å². The average molecular weight is 391 g/mol. The van der Waals surface area contributed by atoms with Gasteiger partial charge >= 0.3 is 5.97 Å². The van der Waals surface area contributed by atoms with Gasteiger partial charge in [-0.15, -0.1) is 0 Å². The first-order valence-electron chi connectivity index (χ1n) is 7.79. The third-order valence-corrected chi connectivity index (χ3v) is 4.61. The van der Waals surface area contributed by atoms with Crippen molar-refractivity contribution in [1.29, 1.82) is 0 Å². The summed E-state index contributed by atoms with van der Waals surface area (Å²) in [6.45, 7) is 1.90. The summed E-state index contributed by atoms with van der Waals surface area (Å²) in [4.78, 5) is 16.3. The van der Waals surface area contributed by atoms with E-state index in [1.807, 2.05) is 24.3 Å². The quantitative estimate of drug-likeness (QED) is 0.671. The van der Waals surface area contributed by atoms with Crippen molar-refractivity contribution in [3.8, 4) is 17.1 Å². The molecule has 1 N–H and O–H groups in total. The first-order chi connectivity index (χ1) is 12.4. The number of methoxy groups -OCH3 is 1. The van der Waals surface area contributed by atoms with E-state index >= 15 is 0 Å². The van der Waals surface area contributed by atoms with Crippen LogP contribution in [-0.2, 0) is 6.54 Å². The van der Waals surface area contributed by atoms with Crippen molar-refractivity contribution in [2.24, 2.45) is 0 Å². The number of ether oxygens (including phenoxy) is 1. The molecule has 0 fully saturated rings. The molecular weight excluding hydrogens is 375 g/mol. The van der Waals surface area contributed by atoms with Crippen LogP contribution in [0.3, 0.4) is 0 Å². The number of hydrogen-bond acceptors (Lipinski definition) is 3. The smallest absolute Gasteiger partial charge is 0.354 e. The van der Waals surface area contributed by atoms with E-state index < -0.39 is 5.97 Å². The third-order valence-electron chi connectivity index (χ3n) is 4.01. The van der Waals surface area contributed by atoms with Crippen molar-refractivity contribution in [2.75, 3.05) is 7.11 Å². The van der Waals surface area contributed by atoms with Crippen molar-refractivity contribution in [3.63, 3.8) is 0 Å². The van der Waals surface area contributed by atoms with Gasteiger partial charge in [-0.3, -0.25) is 0 Å². The van der Waals surface area contributed by atoms with Crippen molar-refractivity contribution >= 4 is 29.2 Å². The molecule has 3 rings (SSSR count). The van der Waals surface area contributed by atoms with Crippen LogP contribution in [0.15, 0.2) is 42.5 Å². The number of aromatic nitrogens is 2. The Kier molecular flexibility index (Phi) is 5.20. The Morgan fingerprint density at radius 2 is 2.00 bits per heavy atom. The van der Waals surface area contributed by atoms with E-state index in [2.05, 4.69) is 4.98 Å². The largest absolute Gasteiger partial charge is 0.497 e. The fourth-order valence-corrected chi connectivity index (χ4v) is 3.19. The molecule has 1 heterocycles. The highest BCUT2D eigenvalue weighted by Crippen LogP contribution is 2.29. The zero-order valence-electron chi connectivity index (χ0n) is 14.2. The Bertz CT molecular complexity index is 983. The van der Waals surface area contributed by atoms with Crippen LogP contribution >= 0.6 is 23.2 Å². The standard InChI is InChI=1S/C19H16Cl2N2O3/c1-11-17(19(24)25)23(10-13-8-14(20)6-7-16(13)21)18(22-11)12-4-3-5-15(9-12)26-2/h3-9H,10H2,1-2H3,(H,24,25). The second-order valence-electron chi connectivity index (χ2n) is 5.73. The molecule has 0 aliphatic rings. The molecule has 5 nitrogen and oxygen atoms in total. The molecule has 7 heteroatoms. The zero-order chi connectivity index (χ0) is 18.8. The summed E-state index contributed by atoms with van der Waals surface area (Å²) in [5.74, 6) is 0.129. The SMILES string of the molecule is COc1cccc(-c2nc(C)c(C(=O)O)n2Cc2cc(Cl)ccc2Cl)c1. The number of aryl methyl sites for hydroxylation is 1. The van der Waals surface area contributed by atoms with Crippen LogP contribution in [0.2, 0.25) is 10.0 Å². The predicted octanol–water partition coefficient (Wildman–Crippen LogP) is 4.92. The summed E-state index contributed by atoms with van der Waals surface area (Å²) in [5, 5.41) is 10.7. The second-order valence-corrected chi connectivity index (χ2v) is 6.57. The van der Waals surface area contributed by atoms with Gasteiger partial charge in [0.05, 0.1) is 19.3 Å². The number of halogens is 2. The average Bonchev–Trinajstić information content (AvgIpc) is 2.94. The highest BCUT2D eigenvalue weighted by atomic mass is 35.5. The molecule has 2 aromatic carbocycles. The first kappa shape index (κ1) is 18.3. The Morgan fingerprint density at radius 3 is 2.69 bits per heavy atom. The molecule has 3 aromatic rings. The lowest BCUT2D eigenvalue weighted by Crippen LogP contribution is -2.12. The molecule has 0 saturated carbocycles. The molecule has 0 atom stereocenters. The Hall–Kier alpha value is -2.50. The Balaban J connectivity index is 2.18. The van der Waals surface area contributed by atoms with Crippen LogP contribution in [0.4, 0.5) is 0 Å². The minimum atomic E-state index is -1.05. The van der Waals surface area contributed by atoms with Crippen molar-refractivity contribution in [3.05, 3.63) is 69.5 Å². The van der Waals surface area contributed by atoms with E-state index in [0.29, 0.717) is 32.9 Å². The summed E-state index contributed by atoms with van der Waals surface area (Å²) in [7, 11) is 1.57. The second kappa shape index (κ2) is 7.40. The highest BCUT2D eigenvalue weighted by molar-refractivity contribution is 6.33. The molecule has 0 unspecified atom stereocenters. The number of benzene rings is 2. The van der Waals surface area contributed by atoms with Crippen molar-refractivity contribution in [1.82, 2.24) is 9.55 Å². The Labute approximate surface area is 160 Å². The topological polar surface area (TPSA) is 64.3 Å². The maximum absolute atomic E-state index is 11.8. The lowest BCUT2D eigenvalue weighted by molar-refractivity contribution is 0.0685. The molecule has 0 aliphatic heterocycles. The molecule has 0 amide bonds. The number of imidazole rings is 1. The highest BCUT2D eigenvalue weighted by Gasteiger charge is 2.22. The molecule has 0 spiro atoms. The monoisotopic (exact) mass is 390 g/mol. The van der Waals surface area contributed by atoms with Gasteiger partial charge in [0.1, 0.15) is 11.6 Å². The van der Waals surface area contributed by atoms with Gasteiger partial charge in [0.25, 0.3) is 0 Å². The number of hydrogen-bond donors (Lipinski definition) is 1. The zero-order valence-corrected chi connectivity index (χ0v) is 15.7. The van der Waals surface area contributed by atoms with E-state index in [1.165, 1.54) is 0 Å². The van der Waals surface area contributed by atoms with Gasteiger partial charge in [-0.2, -0.15) is 0 Å². The fraction of sp³-hybridized carbons (Fsp3) is 0.158. The summed E-state index contributed by atoms with van der Waals surface area (Å²) >= 11 is 12.3. The molecule has 0 saturated heterocycles. The van der Waals surface area contributed by atoms with Crippen LogP contribution in [0.25, 0.3) is 11.4 Å². The number of nitrogens with zero attached hydrogens (tertiary/aromatic N) is 2. The predicted molar refractivity (Wildman–Crippen MR) is 101 cm³/mol. The van der Waals surface area contributed by atoms with E-state index in [4.69, 9.17) is 27.9 Å². The number of carboxylic acids is 1. The summed E-state index contributed by atoms with van der Waals surface area (Å²) in [6.07, 6.45) is 0. The lowest BCUT2D eigenvalue weighted by Gasteiger charge is -2.13. The molecule has 26 heavy (non-hydrogen) atoms. The normalized spacial score (nSPS) is 10.8. The van der Waals surface area contributed by atoms with E-state index in [-0.39, 0.29) is 12.2 Å². The van der Waals surface area contributed by atoms with Gasteiger partial charge in [-0.25, -0.2) is 9.78 Å². The van der Waals surface area contributed by atoms with Gasteiger partial charge < -0.3 is 14.4 Å². The van der Waals surface area contributed by atoms with Crippen molar-refractivity contribution < 1.29 is 14.6 Å². The fourth-order valence-electron chi connectivity index (χ4n) is 2.81. The van der Waals surface area contributed by atoms with Gasteiger partial charge in [-0.1, -0.05) is 35.3 Å². The third kappa shape index (κ3) is 3.54. The van der Waals surface area contributed by atoms with Gasteiger partial charge in [-0.05, 0) is 42.8 Å². The minimum Gasteiger partial charge on any atom is -0.497 e. The molecule has 134 valence electrons.